The number of fused-ring (bicyclic) bond motifs is 1. The molecule has 1 aliphatic carbocycles. The third-order valence-corrected chi connectivity index (χ3v) is 7.82. The van der Waals surface area contributed by atoms with Crippen molar-refractivity contribution in [2.75, 3.05) is 18.2 Å². The van der Waals surface area contributed by atoms with Gasteiger partial charge in [0, 0.05) is 9.90 Å². The molecule has 1 aromatic carbocycles. The van der Waals surface area contributed by atoms with Gasteiger partial charge in [0.15, 0.2) is 6.61 Å². The summed E-state index contributed by atoms with van der Waals surface area (Å²) in [6, 6.07) is 6.53. The van der Waals surface area contributed by atoms with E-state index >= 15 is 0 Å². The minimum Gasteiger partial charge on any atom is -0.484 e. The fraction of sp³-hybridized carbons (Fsp3) is 0.333. The van der Waals surface area contributed by atoms with Gasteiger partial charge in [0.1, 0.15) is 16.5 Å². The first-order valence-corrected chi connectivity index (χ1v) is 13.1. The second-order valence-electron chi connectivity index (χ2n) is 7.42. The zero-order valence-corrected chi connectivity index (χ0v) is 20.4. The number of hydrogen-bond acceptors (Lipinski definition) is 10. The van der Waals surface area contributed by atoms with Crippen molar-refractivity contribution in [1.29, 1.82) is 0 Å². The zero-order valence-electron chi connectivity index (χ0n) is 18.0. The lowest BCUT2D eigenvalue weighted by Crippen LogP contribution is -2.24. The maximum atomic E-state index is 12.6. The molecule has 0 atom stereocenters. The molecule has 34 heavy (non-hydrogen) atoms. The molecule has 2 heterocycles. The fourth-order valence-corrected chi connectivity index (χ4v) is 5.82. The van der Waals surface area contributed by atoms with Gasteiger partial charge in [-0.05, 0) is 55.5 Å². The number of aryl methyl sites for hydroxylation is 1. The Morgan fingerprint density at radius 2 is 1.91 bits per heavy atom. The van der Waals surface area contributed by atoms with Gasteiger partial charge in [-0.2, -0.15) is 0 Å². The number of sulfone groups is 1. The first-order valence-electron chi connectivity index (χ1n) is 10.2. The Kier molecular flexibility index (Phi) is 7.19. The van der Waals surface area contributed by atoms with Crippen LogP contribution in [0.15, 0.2) is 33.9 Å². The average molecular weight is 526 g/mol. The molecule has 10 nitrogen and oxygen atoms in total. The highest BCUT2D eigenvalue weighted by Crippen LogP contribution is 2.38. The minimum atomic E-state index is -4.22. The quantitative estimate of drug-likeness (QED) is 0.438. The van der Waals surface area contributed by atoms with E-state index in [4.69, 9.17) is 25.5 Å². The monoisotopic (exact) mass is 525 g/mol. The average Bonchev–Trinajstić information content (AvgIpc) is 3.43. The molecule has 4 rings (SSSR count). The van der Waals surface area contributed by atoms with Gasteiger partial charge in [-0.15, -0.1) is 16.4 Å². The molecule has 0 bridgehead atoms. The number of nitrogens with one attached hydrogen (secondary N) is 1. The summed E-state index contributed by atoms with van der Waals surface area (Å²) in [6.07, 6.45) is 3.40. The van der Waals surface area contributed by atoms with Crippen molar-refractivity contribution in [3.05, 3.63) is 51.2 Å². The molecule has 0 fully saturated rings. The van der Waals surface area contributed by atoms with Crippen LogP contribution in [0, 0.1) is 0 Å². The highest BCUT2D eigenvalue weighted by Gasteiger charge is 2.30. The number of amides is 1. The van der Waals surface area contributed by atoms with Gasteiger partial charge in [-0.3, -0.25) is 4.79 Å². The lowest BCUT2D eigenvalue weighted by atomic mass is 9.95. The van der Waals surface area contributed by atoms with Crippen molar-refractivity contribution in [3.8, 4) is 5.75 Å². The highest BCUT2D eigenvalue weighted by atomic mass is 35.5. The molecule has 1 N–H and O–H groups in total. The number of thiophene rings is 1. The van der Waals surface area contributed by atoms with Crippen LogP contribution in [0.25, 0.3) is 0 Å². The number of carbonyl (C=O) groups is 2. The maximum Gasteiger partial charge on any atom is 0.341 e. The van der Waals surface area contributed by atoms with Crippen LogP contribution in [0.5, 0.6) is 5.75 Å². The Morgan fingerprint density at radius 1 is 1.18 bits per heavy atom. The van der Waals surface area contributed by atoms with Gasteiger partial charge in [0.2, 0.25) is 15.7 Å². The number of aromatic nitrogens is 2. The smallest absolute Gasteiger partial charge is 0.341 e. The van der Waals surface area contributed by atoms with Gasteiger partial charge in [-0.25, -0.2) is 13.2 Å². The standard InChI is InChI=1S/C21H20ClN3O7S2/c1-30-20(27)18-14-4-2-3-5-15(14)33-19(18)23-16(26)11-34(28,29)21-25-24-17(32-21)10-31-13-8-6-12(22)7-9-13/h6-9H,2-5,10-11H2,1H3,(H,23,26). The summed E-state index contributed by atoms with van der Waals surface area (Å²) >= 11 is 7.08. The van der Waals surface area contributed by atoms with E-state index in [1.165, 1.54) is 18.4 Å². The first-order chi connectivity index (χ1) is 16.3. The van der Waals surface area contributed by atoms with Crippen molar-refractivity contribution in [2.24, 2.45) is 0 Å². The first kappa shape index (κ1) is 24.2. The van der Waals surface area contributed by atoms with Crippen LogP contribution in [0.1, 0.15) is 39.5 Å². The third kappa shape index (κ3) is 5.40. The van der Waals surface area contributed by atoms with Crippen LogP contribution in [0.3, 0.4) is 0 Å². The third-order valence-electron chi connectivity index (χ3n) is 5.03. The molecule has 0 spiro atoms. The van der Waals surface area contributed by atoms with Gasteiger partial charge in [0.05, 0.1) is 12.7 Å². The number of carbonyl (C=O) groups excluding carboxylic acids is 2. The second kappa shape index (κ2) is 10.1. The lowest BCUT2D eigenvalue weighted by molar-refractivity contribution is -0.113. The lowest BCUT2D eigenvalue weighted by Gasteiger charge is -2.11. The molecule has 0 aliphatic heterocycles. The maximum absolute atomic E-state index is 12.6. The van der Waals surface area contributed by atoms with E-state index < -0.39 is 32.7 Å². The van der Waals surface area contributed by atoms with Crippen LogP contribution in [0.4, 0.5) is 5.00 Å². The normalized spacial score (nSPS) is 13.2. The van der Waals surface area contributed by atoms with Crippen molar-refractivity contribution in [1.82, 2.24) is 10.2 Å². The summed E-state index contributed by atoms with van der Waals surface area (Å²) in [5.74, 6) is -1.93. The Balaban J connectivity index is 1.43. The van der Waals surface area contributed by atoms with Gasteiger partial charge >= 0.3 is 11.2 Å². The summed E-state index contributed by atoms with van der Waals surface area (Å²) in [4.78, 5) is 25.9. The highest BCUT2D eigenvalue weighted by molar-refractivity contribution is 7.91. The van der Waals surface area contributed by atoms with E-state index in [0.717, 1.165) is 29.7 Å². The van der Waals surface area contributed by atoms with Crippen molar-refractivity contribution in [2.45, 2.75) is 37.5 Å². The number of hydrogen-bond donors (Lipinski definition) is 1. The summed E-state index contributed by atoms with van der Waals surface area (Å²) in [6.45, 7) is -0.167. The predicted molar refractivity (Wildman–Crippen MR) is 123 cm³/mol. The van der Waals surface area contributed by atoms with Crippen molar-refractivity contribution < 1.29 is 31.9 Å². The molecule has 2 aromatic heterocycles. The molecule has 1 amide bonds. The molecule has 180 valence electrons. The number of nitrogens with zero attached hydrogens (tertiary/aromatic N) is 2. The van der Waals surface area contributed by atoms with Crippen LogP contribution >= 0.6 is 22.9 Å². The topological polar surface area (TPSA) is 138 Å². The van der Waals surface area contributed by atoms with E-state index in [0.29, 0.717) is 17.2 Å². The van der Waals surface area contributed by atoms with Crippen molar-refractivity contribution >= 4 is 49.7 Å². The summed E-state index contributed by atoms with van der Waals surface area (Å²) in [5.41, 5.74) is 1.14. The molecule has 0 saturated carbocycles. The summed E-state index contributed by atoms with van der Waals surface area (Å²) in [7, 11) is -2.97. The SMILES string of the molecule is COC(=O)c1c(NC(=O)CS(=O)(=O)c2nnc(COc3ccc(Cl)cc3)o2)sc2c1CCCC2. The van der Waals surface area contributed by atoms with Gasteiger partial charge < -0.3 is 19.2 Å². The van der Waals surface area contributed by atoms with Crippen molar-refractivity contribution in [3.63, 3.8) is 0 Å². The van der Waals surface area contributed by atoms with Crippen LogP contribution in [0.2, 0.25) is 5.02 Å². The Bertz CT molecular complexity index is 1320. The van der Waals surface area contributed by atoms with E-state index in [1.54, 1.807) is 24.3 Å². The number of anilines is 1. The predicted octanol–water partition coefficient (Wildman–Crippen LogP) is 3.44. The molecule has 3 aromatic rings. The number of benzene rings is 1. The Morgan fingerprint density at radius 3 is 2.65 bits per heavy atom. The van der Waals surface area contributed by atoms with Gasteiger partial charge in [-0.1, -0.05) is 16.7 Å². The van der Waals surface area contributed by atoms with E-state index in [-0.39, 0.29) is 23.1 Å². The minimum absolute atomic E-state index is 0.0761. The fourth-order valence-electron chi connectivity index (χ4n) is 3.47. The van der Waals surface area contributed by atoms with Crippen LogP contribution in [-0.4, -0.2) is 43.4 Å². The molecular formula is C21H20ClN3O7S2. The van der Waals surface area contributed by atoms with E-state index in [1.807, 2.05) is 0 Å². The summed E-state index contributed by atoms with van der Waals surface area (Å²) < 4.78 is 40.7. The second-order valence-corrected chi connectivity index (χ2v) is 10.8. The van der Waals surface area contributed by atoms with E-state index in [2.05, 4.69) is 15.5 Å². The number of methoxy groups -OCH3 is 1. The number of ether oxygens (including phenoxy) is 2. The Hall–Kier alpha value is -2.96. The molecule has 0 radical (unpaired) electrons. The number of halogens is 1. The molecule has 0 saturated heterocycles. The van der Waals surface area contributed by atoms with E-state index in [9.17, 15) is 18.0 Å². The number of esters is 1. The van der Waals surface area contributed by atoms with Gasteiger partial charge in [0.25, 0.3) is 5.89 Å². The Labute approximate surface area is 204 Å². The zero-order chi connectivity index (χ0) is 24.3. The molecule has 13 heteroatoms. The largest absolute Gasteiger partial charge is 0.484 e. The molecule has 0 unspecified atom stereocenters. The molecular weight excluding hydrogens is 506 g/mol. The van der Waals surface area contributed by atoms with Crippen LogP contribution in [-0.2, 0) is 38.8 Å². The molecule has 1 aliphatic rings. The van der Waals surface area contributed by atoms with Crippen LogP contribution < -0.4 is 10.1 Å². The summed E-state index contributed by atoms with van der Waals surface area (Å²) in [5, 5.41) is 9.85. The number of rotatable bonds is 8.